The molecule has 1 aromatic carbocycles. The first-order valence-electron chi connectivity index (χ1n) is 6.73. The van der Waals surface area contributed by atoms with E-state index in [9.17, 15) is 5.11 Å². The van der Waals surface area contributed by atoms with Gasteiger partial charge in [-0.3, -0.25) is 9.56 Å². The number of aromatic hydroxyl groups is 1. The maximum absolute atomic E-state index is 10.3. The van der Waals surface area contributed by atoms with Gasteiger partial charge in [-0.25, -0.2) is 0 Å². The van der Waals surface area contributed by atoms with Gasteiger partial charge < -0.3 is 9.52 Å². The zero-order valence-corrected chi connectivity index (χ0v) is 13.3. The Hall–Kier alpha value is -2.18. The summed E-state index contributed by atoms with van der Waals surface area (Å²) in [5.74, 6) is 0.875. The van der Waals surface area contributed by atoms with Crippen LogP contribution < -0.4 is 0 Å². The average molecular weight is 330 g/mol. The fourth-order valence-electron chi connectivity index (χ4n) is 2.01. The molecule has 0 bridgehead atoms. The summed E-state index contributed by atoms with van der Waals surface area (Å²) < 4.78 is 7.52. The smallest absolute Gasteiger partial charge is 0.212 e. The Kier molecular flexibility index (Phi) is 4.50. The molecule has 0 atom stereocenters. The number of thiazole rings is 1. The van der Waals surface area contributed by atoms with Gasteiger partial charge in [0.05, 0.1) is 19.4 Å². The zero-order valence-electron chi connectivity index (χ0n) is 11.7. The average Bonchev–Trinajstić information content (AvgIpc) is 3.13. The number of aliphatic imine (C=N–C) groups is 1. The van der Waals surface area contributed by atoms with Gasteiger partial charge in [0, 0.05) is 6.21 Å². The molecule has 22 heavy (non-hydrogen) atoms. The summed E-state index contributed by atoms with van der Waals surface area (Å²) in [5.41, 5.74) is 1.12. The van der Waals surface area contributed by atoms with Gasteiger partial charge in [0.1, 0.15) is 10.6 Å². The van der Waals surface area contributed by atoms with E-state index in [1.807, 2.05) is 42.5 Å². The van der Waals surface area contributed by atoms with Crippen molar-refractivity contribution in [2.45, 2.75) is 13.1 Å². The van der Waals surface area contributed by atoms with E-state index in [1.165, 1.54) is 11.3 Å². The highest BCUT2D eigenvalue weighted by Crippen LogP contribution is 2.25. The summed E-state index contributed by atoms with van der Waals surface area (Å²) in [5, 5.41) is 10.3. The van der Waals surface area contributed by atoms with Crippen molar-refractivity contribution in [1.82, 2.24) is 4.57 Å². The summed E-state index contributed by atoms with van der Waals surface area (Å²) in [4.78, 5) is 5.03. The topological polar surface area (TPSA) is 50.7 Å². The Balaban J connectivity index is 1.76. The quantitative estimate of drug-likeness (QED) is 0.562. The summed E-state index contributed by atoms with van der Waals surface area (Å²) in [7, 11) is 0. The highest BCUT2D eigenvalue weighted by Gasteiger charge is 2.11. The van der Waals surface area contributed by atoms with Gasteiger partial charge in [-0.1, -0.05) is 41.7 Å². The van der Waals surface area contributed by atoms with Crippen molar-refractivity contribution in [3.63, 3.8) is 0 Å². The molecule has 6 heteroatoms. The predicted molar refractivity (Wildman–Crippen MR) is 90.4 cm³/mol. The Morgan fingerprint density at radius 1 is 1.23 bits per heavy atom. The molecule has 0 aliphatic rings. The van der Waals surface area contributed by atoms with E-state index in [4.69, 9.17) is 16.6 Å². The summed E-state index contributed by atoms with van der Waals surface area (Å²) >= 11 is 6.63. The minimum Gasteiger partial charge on any atom is -0.493 e. The molecule has 0 saturated heterocycles. The number of hydrogen-bond donors (Lipinski definition) is 1. The lowest BCUT2D eigenvalue weighted by Gasteiger charge is -2.01. The van der Waals surface area contributed by atoms with Crippen molar-refractivity contribution >= 4 is 29.8 Å². The van der Waals surface area contributed by atoms with E-state index in [1.54, 1.807) is 17.0 Å². The molecule has 0 spiro atoms. The number of rotatable bonds is 5. The molecule has 3 rings (SSSR count). The van der Waals surface area contributed by atoms with Gasteiger partial charge in [-0.05, 0) is 29.9 Å². The molecule has 2 aromatic heterocycles. The number of furan rings is 1. The third-order valence-electron chi connectivity index (χ3n) is 3.11. The van der Waals surface area contributed by atoms with Crippen LogP contribution in [0.25, 0.3) is 0 Å². The molecular formula is C16H14N2O2S2. The molecule has 0 saturated carbocycles. The van der Waals surface area contributed by atoms with Gasteiger partial charge in [0.15, 0.2) is 3.95 Å². The molecule has 0 fully saturated rings. The second-order valence-corrected chi connectivity index (χ2v) is 6.35. The first-order valence-corrected chi connectivity index (χ1v) is 7.95. The van der Waals surface area contributed by atoms with Gasteiger partial charge >= 0.3 is 0 Å². The van der Waals surface area contributed by atoms with E-state index in [-0.39, 0.29) is 5.88 Å². The number of aromatic nitrogens is 1. The fraction of sp³-hybridized carbons (Fsp3) is 0.125. The first kappa shape index (κ1) is 14.7. The van der Waals surface area contributed by atoms with E-state index < -0.39 is 0 Å². The second-order valence-electron chi connectivity index (χ2n) is 4.68. The van der Waals surface area contributed by atoms with E-state index in [0.29, 0.717) is 21.9 Å². The molecule has 0 radical (unpaired) electrons. The molecule has 4 nitrogen and oxygen atoms in total. The molecule has 0 unspecified atom stereocenters. The maximum Gasteiger partial charge on any atom is 0.212 e. The highest BCUT2D eigenvalue weighted by molar-refractivity contribution is 7.73. The van der Waals surface area contributed by atoms with Crippen molar-refractivity contribution < 1.29 is 9.52 Å². The van der Waals surface area contributed by atoms with Gasteiger partial charge in [0.2, 0.25) is 5.88 Å². The van der Waals surface area contributed by atoms with E-state index >= 15 is 0 Å². The standard InChI is InChI=1S/C16H14N2O2S2/c19-15-14(10-17-9-12-5-2-1-3-6-12)22-16(21)18(15)11-13-7-4-8-20-13/h1-8,10,19H,9,11H2. The predicted octanol–water partition coefficient (Wildman–Crippen LogP) is 4.25. The van der Waals surface area contributed by atoms with Crippen LogP contribution in [0.4, 0.5) is 0 Å². The normalized spacial score (nSPS) is 11.3. The van der Waals surface area contributed by atoms with Crippen LogP contribution in [0.3, 0.4) is 0 Å². The molecule has 2 heterocycles. The third-order valence-corrected chi connectivity index (χ3v) is 4.49. The molecule has 0 aliphatic carbocycles. The van der Waals surface area contributed by atoms with E-state index in [2.05, 4.69) is 4.99 Å². The van der Waals surface area contributed by atoms with Crippen molar-refractivity contribution in [3.8, 4) is 5.88 Å². The third kappa shape index (κ3) is 3.35. The van der Waals surface area contributed by atoms with Crippen molar-refractivity contribution in [3.05, 3.63) is 68.9 Å². The largest absolute Gasteiger partial charge is 0.493 e. The van der Waals surface area contributed by atoms with Gasteiger partial charge in [-0.15, -0.1) is 0 Å². The minimum atomic E-state index is 0.128. The SMILES string of the molecule is Oc1c(C=NCc2ccccc2)sc(=S)n1Cc1ccco1. The van der Waals surface area contributed by atoms with Crippen LogP contribution in [-0.4, -0.2) is 15.9 Å². The summed E-state index contributed by atoms with van der Waals surface area (Å²) in [6, 6.07) is 13.6. The van der Waals surface area contributed by atoms with Crippen LogP contribution in [0, 0.1) is 3.95 Å². The number of hydrogen-bond acceptors (Lipinski definition) is 5. The lowest BCUT2D eigenvalue weighted by molar-refractivity contribution is 0.407. The summed E-state index contributed by atoms with van der Waals surface area (Å²) in [6.45, 7) is 0.990. The van der Waals surface area contributed by atoms with Crippen LogP contribution in [-0.2, 0) is 13.1 Å². The Morgan fingerprint density at radius 2 is 2.05 bits per heavy atom. The maximum atomic E-state index is 10.3. The van der Waals surface area contributed by atoms with Gasteiger partial charge in [-0.2, -0.15) is 0 Å². The Labute approximate surface area is 137 Å². The molecule has 1 N–H and O–H groups in total. The van der Waals surface area contributed by atoms with Crippen molar-refractivity contribution in [2.24, 2.45) is 4.99 Å². The number of nitrogens with zero attached hydrogens (tertiary/aromatic N) is 2. The second kappa shape index (κ2) is 6.72. The monoisotopic (exact) mass is 330 g/mol. The molecular weight excluding hydrogens is 316 g/mol. The van der Waals surface area contributed by atoms with Crippen molar-refractivity contribution in [1.29, 1.82) is 0 Å². The highest BCUT2D eigenvalue weighted by atomic mass is 32.1. The molecule has 0 amide bonds. The first-order chi connectivity index (χ1) is 10.7. The van der Waals surface area contributed by atoms with Crippen LogP contribution >= 0.6 is 23.6 Å². The summed E-state index contributed by atoms with van der Waals surface area (Å²) in [6.07, 6.45) is 3.27. The van der Waals surface area contributed by atoms with Crippen LogP contribution in [0.15, 0.2) is 58.1 Å². The fourth-order valence-corrected chi connectivity index (χ4v) is 3.21. The Bertz CT molecular complexity index is 818. The van der Waals surface area contributed by atoms with E-state index in [0.717, 1.165) is 11.3 Å². The lowest BCUT2D eigenvalue weighted by atomic mass is 10.2. The van der Waals surface area contributed by atoms with Gasteiger partial charge in [0.25, 0.3) is 0 Å². The van der Waals surface area contributed by atoms with Crippen LogP contribution in [0.1, 0.15) is 16.2 Å². The Morgan fingerprint density at radius 3 is 2.77 bits per heavy atom. The van der Waals surface area contributed by atoms with Crippen molar-refractivity contribution in [2.75, 3.05) is 0 Å². The van der Waals surface area contributed by atoms with Crippen LogP contribution in [0.2, 0.25) is 0 Å². The molecule has 3 aromatic rings. The molecule has 112 valence electrons. The van der Waals surface area contributed by atoms with Crippen LogP contribution in [0.5, 0.6) is 5.88 Å². The minimum absolute atomic E-state index is 0.128. The number of benzene rings is 1. The molecule has 0 aliphatic heterocycles. The zero-order chi connectivity index (χ0) is 15.4. The lowest BCUT2D eigenvalue weighted by Crippen LogP contribution is -1.97.